The van der Waals surface area contributed by atoms with Crippen molar-refractivity contribution in [2.75, 3.05) is 112 Å². The minimum absolute atomic E-state index is 0.0959. The molecule has 0 spiro atoms. The summed E-state index contributed by atoms with van der Waals surface area (Å²) in [5.41, 5.74) is 0. The monoisotopic (exact) mass is 462 g/mol. The molecule has 0 aromatic heterocycles. The van der Waals surface area contributed by atoms with Gasteiger partial charge < -0.3 is 24.9 Å². The quantitative estimate of drug-likeness (QED) is 0.242. The zero-order valence-corrected chi connectivity index (χ0v) is 19.4. The Morgan fingerprint density at radius 2 is 0.938 bits per heavy atom. The van der Waals surface area contributed by atoms with Gasteiger partial charge in [0.15, 0.2) is 0 Å². The first-order chi connectivity index (χ1) is 15.0. The number of hydrogen-bond donors (Lipinski definition) is 4. The third-order valence-corrected chi connectivity index (χ3v) is 5.73. The summed E-state index contributed by atoms with van der Waals surface area (Å²) in [6.07, 6.45) is 0. The molecule has 0 saturated carbocycles. The number of quaternary nitrogens is 1. The second kappa shape index (κ2) is 14.3. The van der Waals surface area contributed by atoms with E-state index in [1.807, 2.05) is 23.9 Å². The van der Waals surface area contributed by atoms with Gasteiger partial charge in [0.05, 0.1) is 46.9 Å². The molecule has 12 heteroatoms. The first kappa shape index (κ1) is 28.2. The summed E-state index contributed by atoms with van der Waals surface area (Å²) in [5, 5.41) is 37.0. The Kier molecular flexibility index (Phi) is 12.6. The maximum Gasteiger partial charge on any atom is 0.317 e. The average Bonchev–Trinajstić information content (AvgIpc) is 2.66. The van der Waals surface area contributed by atoms with Gasteiger partial charge in [-0.1, -0.05) is 0 Å². The highest BCUT2D eigenvalue weighted by molar-refractivity contribution is 5.69. The summed E-state index contributed by atoms with van der Waals surface area (Å²) in [6, 6.07) is 0. The van der Waals surface area contributed by atoms with Crippen LogP contribution in [0.25, 0.3) is 0 Å². The van der Waals surface area contributed by atoms with E-state index < -0.39 is 17.9 Å². The van der Waals surface area contributed by atoms with Crippen LogP contribution in [0.2, 0.25) is 0 Å². The van der Waals surface area contributed by atoms with E-state index in [0.29, 0.717) is 63.4 Å². The van der Waals surface area contributed by atoms with Crippen LogP contribution in [0.1, 0.15) is 0 Å². The lowest BCUT2D eigenvalue weighted by Crippen LogP contribution is -2.51. The van der Waals surface area contributed by atoms with Gasteiger partial charge in [-0.15, -0.1) is 0 Å². The van der Waals surface area contributed by atoms with Gasteiger partial charge in [-0.25, -0.2) is 0 Å². The van der Waals surface area contributed by atoms with Crippen molar-refractivity contribution in [1.82, 2.24) is 19.6 Å². The predicted octanol–water partition coefficient (Wildman–Crippen LogP) is -2.47. The highest BCUT2D eigenvalue weighted by Gasteiger charge is 2.22. The highest BCUT2D eigenvalue weighted by atomic mass is 16.4. The molecule has 32 heavy (non-hydrogen) atoms. The van der Waals surface area contributed by atoms with Gasteiger partial charge in [-0.05, 0) is 0 Å². The maximum atomic E-state index is 11.3. The molecule has 1 saturated heterocycles. The van der Waals surface area contributed by atoms with Crippen molar-refractivity contribution in [3.8, 4) is 0 Å². The molecule has 1 aliphatic heterocycles. The van der Waals surface area contributed by atoms with Crippen LogP contribution in [0, 0.1) is 0 Å². The Morgan fingerprint density at radius 3 is 1.22 bits per heavy atom. The minimum Gasteiger partial charge on any atom is -0.480 e. The van der Waals surface area contributed by atoms with Crippen LogP contribution in [-0.2, 0) is 14.4 Å². The minimum atomic E-state index is -0.971. The number of carboxylic acid groups (broad SMARTS) is 3. The third-order valence-electron chi connectivity index (χ3n) is 5.73. The molecule has 0 unspecified atom stereocenters. The van der Waals surface area contributed by atoms with Gasteiger partial charge in [0.2, 0.25) is 0 Å². The number of aliphatic carboxylic acids is 3. The number of nitrogens with zero attached hydrogens (tertiary/aromatic N) is 5. The first-order valence-electron chi connectivity index (χ1n) is 11.0. The topological polar surface area (TPSA) is 145 Å². The lowest BCUT2D eigenvalue weighted by atomic mass is 10.3. The number of likely N-dealkylation sites (N-methyl/N-ethyl adjacent to an activating group) is 1. The predicted molar refractivity (Wildman–Crippen MR) is 118 cm³/mol. The summed E-state index contributed by atoms with van der Waals surface area (Å²) in [4.78, 5) is 41.4. The molecule has 1 fully saturated rings. The lowest BCUT2D eigenvalue weighted by molar-refractivity contribution is -0.890. The van der Waals surface area contributed by atoms with E-state index in [0.717, 1.165) is 13.1 Å². The fraction of sp³-hybridized carbons (Fsp3) is 0.850. The van der Waals surface area contributed by atoms with E-state index in [9.17, 15) is 34.8 Å². The van der Waals surface area contributed by atoms with Crippen molar-refractivity contribution in [1.29, 1.82) is 0 Å². The van der Waals surface area contributed by atoms with Crippen molar-refractivity contribution in [3.63, 3.8) is 0 Å². The molecule has 0 aromatic rings. The highest BCUT2D eigenvalue weighted by Crippen LogP contribution is 2.03. The standard InChI is InChI=1S/C20H39N5O7/c1-25(2,13-14-26)12-11-21-3-5-22(15-18(27)28)7-9-24(17-20(31)32)10-8-23(6-4-21)16-19(29)30/h26H,3-17H2,1-2H3,(H2-,27,28,29,30,31,32)/p+1. The largest absolute Gasteiger partial charge is 0.480 e. The van der Waals surface area contributed by atoms with Crippen LogP contribution in [0.15, 0.2) is 0 Å². The first-order valence-corrected chi connectivity index (χ1v) is 11.0. The Hall–Kier alpha value is -1.83. The molecule has 0 aliphatic carbocycles. The van der Waals surface area contributed by atoms with Crippen molar-refractivity contribution in [2.24, 2.45) is 0 Å². The van der Waals surface area contributed by atoms with Gasteiger partial charge in [0, 0.05) is 58.9 Å². The second-order valence-corrected chi connectivity index (χ2v) is 8.96. The van der Waals surface area contributed by atoms with Crippen LogP contribution in [0.5, 0.6) is 0 Å². The van der Waals surface area contributed by atoms with Crippen LogP contribution in [0.4, 0.5) is 0 Å². The van der Waals surface area contributed by atoms with E-state index >= 15 is 0 Å². The fourth-order valence-corrected chi connectivity index (χ4v) is 3.65. The summed E-state index contributed by atoms with van der Waals surface area (Å²) in [6.45, 7) is 5.72. The van der Waals surface area contributed by atoms with Crippen LogP contribution < -0.4 is 0 Å². The Morgan fingerprint density at radius 1 is 0.625 bits per heavy atom. The molecule has 4 N–H and O–H groups in total. The lowest BCUT2D eigenvalue weighted by Gasteiger charge is -2.35. The van der Waals surface area contributed by atoms with Gasteiger partial charge >= 0.3 is 17.9 Å². The van der Waals surface area contributed by atoms with Gasteiger partial charge in [-0.2, -0.15) is 0 Å². The molecule has 186 valence electrons. The molecule has 0 atom stereocenters. The summed E-state index contributed by atoms with van der Waals surface area (Å²) in [5.74, 6) is -2.83. The summed E-state index contributed by atoms with van der Waals surface area (Å²) in [7, 11) is 4.08. The van der Waals surface area contributed by atoms with Crippen molar-refractivity contribution in [3.05, 3.63) is 0 Å². The second-order valence-electron chi connectivity index (χ2n) is 8.96. The number of aliphatic hydroxyl groups is 1. The van der Waals surface area contributed by atoms with E-state index in [1.165, 1.54) is 0 Å². The van der Waals surface area contributed by atoms with Gasteiger partial charge in [0.1, 0.15) is 6.54 Å². The van der Waals surface area contributed by atoms with Crippen LogP contribution >= 0.6 is 0 Å². The van der Waals surface area contributed by atoms with Crippen molar-refractivity contribution >= 4 is 17.9 Å². The van der Waals surface area contributed by atoms with E-state index in [-0.39, 0.29) is 26.2 Å². The summed E-state index contributed by atoms with van der Waals surface area (Å²) >= 11 is 0. The van der Waals surface area contributed by atoms with Crippen LogP contribution in [-0.4, -0.2) is 175 Å². The molecule has 0 aromatic carbocycles. The Balaban J connectivity index is 2.92. The Bertz CT molecular complexity index is 573. The number of rotatable bonds is 11. The smallest absolute Gasteiger partial charge is 0.317 e. The third kappa shape index (κ3) is 12.9. The molecule has 0 amide bonds. The fourth-order valence-electron chi connectivity index (χ4n) is 3.65. The van der Waals surface area contributed by atoms with Gasteiger partial charge in [0.25, 0.3) is 0 Å². The number of carbonyl (C=O) groups is 3. The summed E-state index contributed by atoms with van der Waals surface area (Å²) < 4.78 is 0.648. The number of carboxylic acids is 3. The molecule has 12 nitrogen and oxygen atoms in total. The zero-order valence-electron chi connectivity index (χ0n) is 19.4. The normalized spacial score (nSPS) is 19.2. The SMILES string of the molecule is C[N+](C)(CCO)CCN1CCN(CC(=O)O)CCN(CC(=O)O)CCN(CC(=O)O)CC1. The van der Waals surface area contributed by atoms with Crippen molar-refractivity contribution < 1.29 is 39.3 Å². The molecule has 0 radical (unpaired) electrons. The maximum absolute atomic E-state index is 11.3. The molecular formula is C20H40N5O7+. The average molecular weight is 463 g/mol. The number of hydrogen-bond acceptors (Lipinski definition) is 8. The molecule has 0 bridgehead atoms. The number of aliphatic hydroxyl groups excluding tert-OH is 1. The molecule has 1 rings (SSSR count). The van der Waals surface area contributed by atoms with E-state index in [2.05, 4.69) is 4.90 Å². The van der Waals surface area contributed by atoms with Crippen LogP contribution in [0.3, 0.4) is 0 Å². The molecular weight excluding hydrogens is 422 g/mol. The molecule has 1 aliphatic rings. The van der Waals surface area contributed by atoms with E-state index in [4.69, 9.17) is 0 Å². The zero-order chi connectivity index (χ0) is 24.1. The van der Waals surface area contributed by atoms with Gasteiger partial charge in [-0.3, -0.25) is 34.0 Å². The van der Waals surface area contributed by atoms with E-state index in [1.54, 1.807) is 4.90 Å². The van der Waals surface area contributed by atoms with Crippen molar-refractivity contribution in [2.45, 2.75) is 0 Å². The Labute approximate surface area is 189 Å². The molecule has 1 heterocycles.